The lowest BCUT2D eigenvalue weighted by Crippen LogP contribution is -2.34. The number of phenolic OH excluding ortho intramolecular Hbond substituents is 2. The molecule has 24 heavy (non-hydrogen) atoms. The Labute approximate surface area is 141 Å². The van der Waals surface area contributed by atoms with Crippen LogP contribution in [0.1, 0.15) is 42.9 Å². The molecule has 2 heterocycles. The highest BCUT2D eigenvalue weighted by Gasteiger charge is 2.33. The van der Waals surface area contributed by atoms with Crippen molar-refractivity contribution in [3.63, 3.8) is 0 Å². The molecule has 0 unspecified atom stereocenters. The van der Waals surface area contributed by atoms with Gasteiger partial charge in [0.05, 0.1) is 6.61 Å². The molecule has 0 saturated heterocycles. The van der Waals surface area contributed by atoms with Crippen molar-refractivity contribution in [2.24, 2.45) is 0 Å². The molecule has 2 aliphatic heterocycles. The molecule has 0 bridgehead atoms. The second-order valence-corrected chi connectivity index (χ2v) is 7.35. The van der Waals surface area contributed by atoms with Gasteiger partial charge in [0.25, 0.3) is 0 Å². The molecule has 0 spiro atoms. The highest BCUT2D eigenvalue weighted by molar-refractivity contribution is 5.54. The Morgan fingerprint density at radius 1 is 1.12 bits per heavy atom. The van der Waals surface area contributed by atoms with E-state index in [1.807, 2.05) is 12.1 Å². The molecule has 4 rings (SSSR count). The van der Waals surface area contributed by atoms with E-state index in [0.717, 1.165) is 47.5 Å². The molecule has 0 saturated carbocycles. The van der Waals surface area contributed by atoms with Crippen LogP contribution in [0.3, 0.4) is 0 Å². The van der Waals surface area contributed by atoms with E-state index in [0.29, 0.717) is 12.4 Å². The Hall–Kier alpha value is -2.36. The van der Waals surface area contributed by atoms with Crippen LogP contribution in [0.5, 0.6) is 23.0 Å². The normalized spacial score (nSPS) is 21.2. The Bertz CT molecular complexity index is 794. The Kier molecular flexibility index (Phi) is 3.37. The van der Waals surface area contributed by atoms with E-state index in [-0.39, 0.29) is 17.3 Å². The van der Waals surface area contributed by atoms with Crippen molar-refractivity contribution >= 4 is 0 Å². The lowest BCUT2D eigenvalue weighted by atomic mass is 9.85. The number of benzene rings is 2. The van der Waals surface area contributed by atoms with E-state index in [9.17, 15) is 10.2 Å². The smallest absolute Gasteiger partial charge is 0.130 e. The number of aromatic hydroxyl groups is 2. The molecule has 0 aromatic heterocycles. The largest absolute Gasteiger partial charge is 0.508 e. The number of rotatable bonds is 1. The highest BCUT2D eigenvalue weighted by atomic mass is 16.5. The Morgan fingerprint density at radius 2 is 1.96 bits per heavy atom. The number of hydrogen-bond acceptors (Lipinski definition) is 4. The van der Waals surface area contributed by atoms with Gasteiger partial charge in [-0.15, -0.1) is 0 Å². The van der Waals surface area contributed by atoms with Gasteiger partial charge in [-0.3, -0.25) is 0 Å². The fourth-order valence-electron chi connectivity index (χ4n) is 3.63. The molecule has 0 aliphatic carbocycles. The number of phenols is 2. The van der Waals surface area contributed by atoms with E-state index in [1.54, 1.807) is 18.2 Å². The molecule has 0 radical (unpaired) electrons. The van der Waals surface area contributed by atoms with Gasteiger partial charge in [-0.1, -0.05) is 12.1 Å². The minimum absolute atomic E-state index is 0.172. The molecule has 2 aromatic rings. The van der Waals surface area contributed by atoms with Crippen molar-refractivity contribution in [2.75, 3.05) is 6.61 Å². The van der Waals surface area contributed by atoms with Crippen molar-refractivity contribution in [3.8, 4) is 23.0 Å². The molecule has 126 valence electrons. The molecule has 1 atom stereocenters. The van der Waals surface area contributed by atoms with Crippen LogP contribution >= 0.6 is 0 Å². The lowest BCUT2D eigenvalue weighted by Gasteiger charge is -2.36. The zero-order valence-corrected chi connectivity index (χ0v) is 14.0. The average Bonchev–Trinajstić information content (AvgIpc) is 2.54. The number of hydrogen-bond donors (Lipinski definition) is 2. The molecular formula is C20H22O4. The first-order valence-electron chi connectivity index (χ1n) is 8.41. The Balaban J connectivity index is 1.72. The summed E-state index contributed by atoms with van der Waals surface area (Å²) < 4.78 is 12.1. The second-order valence-electron chi connectivity index (χ2n) is 7.35. The van der Waals surface area contributed by atoms with Gasteiger partial charge in [-0.05, 0) is 50.8 Å². The summed E-state index contributed by atoms with van der Waals surface area (Å²) in [5.74, 6) is 2.28. The first kappa shape index (κ1) is 15.2. The molecule has 2 aliphatic rings. The first-order chi connectivity index (χ1) is 11.4. The summed E-state index contributed by atoms with van der Waals surface area (Å²) in [5, 5.41) is 19.8. The lowest BCUT2D eigenvalue weighted by molar-refractivity contribution is 0.0809. The highest BCUT2D eigenvalue weighted by Crippen LogP contribution is 2.45. The van der Waals surface area contributed by atoms with Gasteiger partial charge < -0.3 is 19.7 Å². The maximum absolute atomic E-state index is 10.2. The summed E-state index contributed by atoms with van der Waals surface area (Å²) in [6.07, 6.45) is 2.54. The van der Waals surface area contributed by atoms with Gasteiger partial charge in [0, 0.05) is 23.1 Å². The van der Waals surface area contributed by atoms with E-state index >= 15 is 0 Å². The standard InChI is InChI=1S/C20H22O4/c1-20(2)8-7-16-17(22)6-5-15(19(16)24-20)13-9-12-3-4-14(21)10-18(12)23-11-13/h3-6,10,13,21-22H,7-9,11H2,1-2H3/t13-/m0/s1. The quantitative estimate of drug-likeness (QED) is 0.834. The van der Waals surface area contributed by atoms with Crippen molar-refractivity contribution in [2.45, 2.75) is 44.6 Å². The Morgan fingerprint density at radius 3 is 2.79 bits per heavy atom. The number of ether oxygens (including phenoxy) is 2. The second kappa shape index (κ2) is 5.33. The molecule has 4 nitrogen and oxygen atoms in total. The van der Waals surface area contributed by atoms with Gasteiger partial charge in [0.15, 0.2) is 0 Å². The van der Waals surface area contributed by atoms with E-state index in [4.69, 9.17) is 9.47 Å². The molecule has 0 amide bonds. The fraction of sp³-hybridized carbons (Fsp3) is 0.400. The third-order valence-electron chi connectivity index (χ3n) is 5.02. The van der Waals surface area contributed by atoms with Crippen LogP contribution in [0, 0.1) is 0 Å². The summed E-state index contributed by atoms with van der Waals surface area (Å²) in [5.41, 5.74) is 2.85. The average molecular weight is 326 g/mol. The predicted molar refractivity (Wildman–Crippen MR) is 91.2 cm³/mol. The van der Waals surface area contributed by atoms with Crippen LogP contribution in [0.25, 0.3) is 0 Å². The molecule has 2 aromatic carbocycles. The van der Waals surface area contributed by atoms with Crippen LogP contribution in [0.15, 0.2) is 30.3 Å². The molecule has 0 fully saturated rings. The summed E-state index contributed by atoms with van der Waals surface area (Å²) in [6, 6.07) is 8.99. The van der Waals surface area contributed by atoms with Crippen LogP contribution in [-0.4, -0.2) is 22.4 Å². The van der Waals surface area contributed by atoms with Crippen LogP contribution < -0.4 is 9.47 Å². The minimum Gasteiger partial charge on any atom is -0.508 e. The van der Waals surface area contributed by atoms with Gasteiger partial charge in [-0.25, -0.2) is 0 Å². The monoisotopic (exact) mass is 326 g/mol. The van der Waals surface area contributed by atoms with Crippen LogP contribution in [0.4, 0.5) is 0 Å². The molecule has 4 heteroatoms. The van der Waals surface area contributed by atoms with Gasteiger partial charge in [0.2, 0.25) is 0 Å². The summed E-state index contributed by atoms with van der Waals surface area (Å²) >= 11 is 0. The zero-order chi connectivity index (χ0) is 16.9. The first-order valence-corrected chi connectivity index (χ1v) is 8.41. The maximum Gasteiger partial charge on any atom is 0.130 e. The third kappa shape index (κ3) is 2.56. The van der Waals surface area contributed by atoms with Crippen molar-refractivity contribution in [1.82, 2.24) is 0 Å². The van der Waals surface area contributed by atoms with Crippen LogP contribution in [0.2, 0.25) is 0 Å². The minimum atomic E-state index is -0.227. The number of fused-ring (bicyclic) bond motifs is 2. The fourth-order valence-corrected chi connectivity index (χ4v) is 3.63. The zero-order valence-electron chi connectivity index (χ0n) is 14.0. The summed E-state index contributed by atoms with van der Waals surface area (Å²) in [6.45, 7) is 4.70. The predicted octanol–water partition coefficient (Wildman–Crippen LogP) is 3.92. The van der Waals surface area contributed by atoms with E-state index in [2.05, 4.69) is 13.8 Å². The van der Waals surface area contributed by atoms with Gasteiger partial charge in [0.1, 0.15) is 28.6 Å². The SMILES string of the molecule is CC1(C)CCc2c(O)ccc([C@@H]3COc4cc(O)ccc4C3)c2O1. The molecular weight excluding hydrogens is 304 g/mol. The van der Waals surface area contributed by atoms with E-state index in [1.165, 1.54) is 0 Å². The van der Waals surface area contributed by atoms with Gasteiger partial charge >= 0.3 is 0 Å². The van der Waals surface area contributed by atoms with E-state index < -0.39 is 0 Å². The van der Waals surface area contributed by atoms with Crippen molar-refractivity contribution in [1.29, 1.82) is 0 Å². The topological polar surface area (TPSA) is 58.9 Å². The maximum atomic E-state index is 10.2. The van der Waals surface area contributed by atoms with Crippen molar-refractivity contribution < 1.29 is 19.7 Å². The third-order valence-corrected chi connectivity index (χ3v) is 5.02. The summed E-state index contributed by atoms with van der Waals surface area (Å²) in [7, 11) is 0. The molecule has 2 N–H and O–H groups in total. The van der Waals surface area contributed by atoms with Crippen molar-refractivity contribution in [3.05, 3.63) is 47.0 Å². The summed E-state index contributed by atoms with van der Waals surface area (Å²) in [4.78, 5) is 0. The van der Waals surface area contributed by atoms with Crippen LogP contribution in [-0.2, 0) is 12.8 Å². The van der Waals surface area contributed by atoms with Gasteiger partial charge in [-0.2, -0.15) is 0 Å².